The van der Waals surface area contributed by atoms with Gasteiger partial charge in [-0.3, -0.25) is 4.90 Å². The van der Waals surface area contributed by atoms with Gasteiger partial charge in [-0.05, 0) is 19.9 Å². The highest BCUT2D eigenvalue weighted by molar-refractivity contribution is 7.99. The summed E-state index contributed by atoms with van der Waals surface area (Å²) in [7, 11) is 0. The Bertz CT molecular complexity index is 533. The summed E-state index contributed by atoms with van der Waals surface area (Å²) in [4.78, 5) is 9.34. The average molecular weight is 317 g/mol. The summed E-state index contributed by atoms with van der Waals surface area (Å²) >= 11 is 1.49. The molecule has 0 saturated carbocycles. The molecule has 7 heteroatoms. The van der Waals surface area contributed by atoms with E-state index in [0.717, 1.165) is 31.6 Å². The number of hydrogen-bond donors (Lipinski definition) is 0. The first-order valence-electron chi connectivity index (χ1n) is 7.07. The molecule has 116 valence electrons. The van der Waals surface area contributed by atoms with Crippen molar-refractivity contribution in [2.75, 3.05) is 30.3 Å². The number of nitrogens with zero attached hydrogens (tertiary/aromatic N) is 3. The first-order chi connectivity index (χ1) is 9.86. The zero-order valence-corrected chi connectivity index (χ0v) is 12.8. The Morgan fingerprint density at radius 3 is 2.76 bits per heavy atom. The number of alkyl halides is 3. The van der Waals surface area contributed by atoms with E-state index < -0.39 is 11.7 Å². The molecule has 0 aliphatic carbocycles. The molecule has 0 bridgehead atoms. The minimum absolute atomic E-state index is 0.336. The van der Waals surface area contributed by atoms with E-state index >= 15 is 0 Å². The Labute approximate surface area is 126 Å². The van der Waals surface area contributed by atoms with Crippen molar-refractivity contribution in [3.63, 3.8) is 0 Å². The minimum Gasteiger partial charge on any atom is -0.349 e. The van der Waals surface area contributed by atoms with Crippen molar-refractivity contribution in [2.24, 2.45) is 0 Å². The molecule has 0 aromatic carbocycles. The maximum Gasteiger partial charge on any atom is 0.417 e. The van der Waals surface area contributed by atoms with Gasteiger partial charge in [0.25, 0.3) is 0 Å². The summed E-state index contributed by atoms with van der Waals surface area (Å²) in [6, 6.07) is 2.07. The maximum absolute atomic E-state index is 12.8. The second kappa shape index (κ2) is 5.35. The lowest BCUT2D eigenvalue weighted by Gasteiger charge is -2.46. The van der Waals surface area contributed by atoms with Gasteiger partial charge in [0.15, 0.2) is 0 Å². The van der Waals surface area contributed by atoms with Crippen molar-refractivity contribution in [1.82, 2.24) is 9.88 Å². The molecule has 1 saturated heterocycles. The fourth-order valence-electron chi connectivity index (χ4n) is 2.87. The quantitative estimate of drug-likeness (QED) is 0.792. The molecule has 2 aliphatic rings. The van der Waals surface area contributed by atoms with Crippen LogP contribution in [0.25, 0.3) is 0 Å². The van der Waals surface area contributed by atoms with E-state index in [1.54, 1.807) is 0 Å². The molecule has 0 spiro atoms. The number of rotatable bonds is 1. The number of piperazine rings is 1. The van der Waals surface area contributed by atoms with Crippen molar-refractivity contribution in [3.05, 3.63) is 17.8 Å². The van der Waals surface area contributed by atoms with Crippen LogP contribution in [0.1, 0.15) is 19.4 Å². The van der Waals surface area contributed by atoms with E-state index in [1.165, 1.54) is 17.8 Å². The van der Waals surface area contributed by atoms with Crippen LogP contribution >= 0.6 is 11.8 Å². The molecule has 21 heavy (non-hydrogen) atoms. The van der Waals surface area contributed by atoms with E-state index in [9.17, 15) is 13.2 Å². The number of halogens is 3. The molecule has 0 radical (unpaired) electrons. The zero-order chi connectivity index (χ0) is 15.2. The van der Waals surface area contributed by atoms with Crippen LogP contribution in [0.15, 0.2) is 17.2 Å². The molecule has 0 amide bonds. The number of fused-ring (bicyclic) bond motifs is 3. The van der Waals surface area contributed by atoms with Crippen molar-refractivity contribution in [2.45, 2.75) is 37.0 Å². The largest absolute Gasteiger partial charge is 0.417 e. The van der Waals surface area contributed by atoms with Crippen LogP contribution in [0, 0.1) is 0 Å². The number of thioether (sulfide) groups is 1. The van der Waals surface area contributed by atoms with Gasteiger partial charge in [-0.2, -0.15) is 13.2 Å². The third-order valence-corrected chi connectivity index (χ3v) is 5.27. The number of aromatic nitrogens is 1. The zero-order valence-electron chi connectivity index (χ0n) is 12.0. The molecule has 2 aliphatic heterocycles. The van der Waals surface area contributed by atoms with Gasteiger partial charge in [-0.25, -0.2) is 4.98 Å². The molecule has 0 unspecified atom stereocenters. The predicted octanol–water partition coefficient (Wildman–Crippen LogP) is 3.11. The Morgan fingerprint density at radius 1 is 1.33 bits per heavy atom. The van der Waals surface area contributed by atoms with Crippen molar-refractivity contribution in [1.29, 1.82) is 0 Å². The van der Waals surface area contributed by atoms with Crippen molar-refractivity contribution >= 4 is 17.6 Å². The van der Waals surface area contributed by atoms with Crippen LogP contribution in [-0.4, -0.2) is 47.4 Å². The van der Waals surface area contributed by atoms with E-state index in [-0.39, 0.29) is 0 Å². The second-order valence-corrected chi connectivity index (χ2v) is 6.85. The topological polar surface area (TPSA) is 19.4 Å². The molecular formula is C14H18F3N3S. The van der Waals surface area contributed by atoms with Crippen LogP contribution in [-0.2, 0) is 6.18 Å². The molecule has 3 heterocycles. The molecule has 0 N–H and O–H groups in total. The Balaban J connectivity index is 1.85. The van der Waals surface area contributed by atoms with Crippen molar-refractivity contribution < 1.29 is 13.2 Å². The van der Waals surface area contributed by atoms with E-state index in [0.29, 0.717) is 22.8 Å². The Hall–Kier alpha value is -0.950. The summed E-state index contributed by atoms with van der Waals surface area (Å²) in [5.41, 5.74) is -0.659. The fraction of sp³-hybridized carbons (Fsp3) is 0.643. The van der Waals surface area contributed by atoms with E-state index in [4.69, 9.17) is 0 Å². The van der Waals surface area contributed by atoms with Gasteiger partial charge in [0.2, 0.25) is 0 Å². The molecule has 1 aromatic rings. The van der Waals surface area contributed by atoms with E-state index in [1.807, 2.05) is 0 Å². The highest BCUT2D eigenvalue weighted by Crippen LogP contribution is 2.40. The first-order valence-corrected chi connectivity index (χ1v) is 8.05. The summed E-state index contributed by atoms with van der Waals surface area (Å²) in [5, 5.41) is 0. The molecular weight excluding hydrogens is 299 g/mol. The summed E-state index contributed by atoms with van der Waals surface area (Å²) in [6.45, 7) is 7.06. The van der Waals surface area contributed by atoms with Gasteiger partial charge in [-0.1, -0.05) is 0 Å². The SMILES string of the molecule is CC(C)N1CCN2c3ncc(C(F)(F)F)cc3SC[C@H]2C1. The third kappa shape index (κ3) is 2.85. The standard InChI is InChI=1S/C14H18F3N3S/c1-9(2)19-3-4-20-11(7-19)8-21-12-5-10(14(15,16)17)6-18-13(12)20/h5-6,9,11H,3-4,7-8H2,1-2H3/t11-/m1/s1. The molecule has 3 nitrogen and oxygen atoms in total. The summed E-state index contributed by atoms with van der Waals surface area (Å²) < 4.78 is 38.3. The number of anilines is 1. The number of pyridine rings is 1. The van der Waals surface area contributed by atoms with Crippen LogP contribution in [0.5, 0.6) is 0 Å². The molecule has 1 fully saturated rings. The highest BCUT2D eigenvalue weighted by atomic mass is 32.2. The molecule has 3 rings (SSSR count). The molecule has 1 atom stereocenters. The fourth-order valence-corrected chi connectivity index (χ4v) is 4.04. The lowest BCUT2D eigenvalue weighted by Crippen LogP contribution is -2.57. The highest BCUT2D eigenvalue weighted by Gasteiger charge is 2.36. The predicted molar refractivity (Wildman–Crippen MR) is 77.8 cm³/mol. The summed E-state index contributed by atoms with van der Waals surface area (Å²) in [6.07, 6.45) is -3.37. The first kappa shape index (κ1) is 15.0. The van der Waals surface area contributed by atoms with Crippen LogP contribution in [0.3, 0.4) is 0 Å². The van der Waals surface area contributed by atoms with Gasteiger partial charge in [0.05, 0.1) is 16.5 Å². The number of hydrogen-bond acceptors (Lipinski definition) is 4. The Morgan fingerprint density at radius 2 is 2.10 bits per heavy atom. The monoisotopic (exact) mass is 317 g/mol. The lowest BCUT2D eigenvalue weighted by molar-refractivity contribution is -0.138. The van der Waals surface area contributed by atoms with Gasteiger partial charge in [0, 0.05) is 37.6 Å². The van der Waals surface area contributed by atoms with Gasteiger partial charge >= 0.3 is 6.18 Å². The van der Waals surface area contributed by atoms with Gasteiger partial charge in [-0.15, -0.1) is 11.8 Å². The van der Waals surface area contributed by atoms with E-state index in [2.05, 4.69) is 28.6 Å². The Kier molecular flexibility index (Phi) is 3.81. The maximum atomic E-state index is 12.8. The second-order valence-electron chi connectivity index (χ2n) is 5.79. The van der Waals surface area contributed by atoms with Crippen molar-refractivity contribution in [3.8, 4) is 0 Å². The normalized spacial score (nSPS) is 23.1. The smallest absolute Gasteiger partial charge is 0.349 e. The van der Waals surface area contributed by atoms with Crippen LogP contribution in [0.4, 0.5) is 19.0 Å². The molecule has 1 aromatic heterocycles. The van der Waals surface area contributed by atoms with Crippen LogP contribution < -0.4 is 4.90 Å². The average Bonchev–Trinajstić information content (AvgIpc) is 2.44. The van der Waals surface area contributed by atoms with Gasteiger partial charge < -0.3 is 4.90 Å². The third-order valence-electron chi connectivity index (χ3n) is 4.11. The lowest BCUT2D eigenvalue weighted by atomic mass is 10.1. The minimum atomic E-state index is -4.32. The van der Waals surface area contributed by atoms with Crippen LogP contribution in [0.2, 0.25) is 0 Å². The van der Waals surface area contributed by atoms with Gasteiger partial charge in [0.1, 0.15) is 5.82 Å². The summed E-state index contributed by atoms with van der Waals surface area (Å²) in [5.74, 6) is 1.53.